The second-order valence-electron chi connectivity index (χ2n) is 5.54. The number of nitrogens with one attached hydrogen (secondary N) is 1. The van der Waals surface area contributed by atoms with Crippen LogP contribution in [0.1, 0.15) is 46.0 Å². The summed E-state index contributed by atoms with van der Waals surface area (Å²) in [6.45, 7) is 7.05. The van der Waals surface area contributed by atoms with Gasteiger partial charge in [-0.3, -0.25) is 4.99 Å². The monoisotopic (exact) mass is 365 g/mol. The fourth-order valence-corrected chi connectivity index (χ4v) is 3.03. The largest absolute Gasteiger partial charge is 0.354 e. The van der Waals surface area contributed by atoms with Crippen LogP contribution in [0.3, 0.4) is 0 Å². The topological polar surface area (TPSA) is 27.6 Å². The highest BCUT2D eigenvalue weighted by atomic mass is 127. The molecule has 4 heteroatoms. The molecule has 0 aromatic rings. The third-order valence-electron chi connectivity index (χ3n) is 4.36. The zero-order valence-corrected chi connectivity index (χ0v) is 14.3. The van der Waals surface area contributed by atoms with Gasteiger partial charge in [0.25, 0.3) is 0 Å². The summed E-state index contributed by atoms with van der Waals surface area (Å²) >= 11 is 0. The van der Waals surface area contributed by atoms with Crippen molar-refractivity contribution in [1.82, 2.24) is 10.2 Å². The van der Waals surface area contributed by atoms with Crippen molar-refractivity contribution in [3.63, 3.8) is 0 Å². The Morgan fingerprint density at radius 2 is 1.94 bits per heavy atom. The molecule has 2 aliphatic rings. The summed E-state index contributed by atoms with van der Waals surface area (Å²) in [7, 11) is 1.91. The Hall–Kier alpha value is 0. The first-order valence-electron chi connectivity index (χ1n) is 7.26. The summed E-state index contributed by atoms with van der Waals surface area (Å²) in [5.74, 6) is 2.92. The van der Waals surface area contributed by atoms with Crippen LogP contribution in [0.15, 0.2) is 4.99 Å². The van der Waals surface area contributed by atoms with E-state index in [0.29, 0.717) is 6.04 Å². The Morgan fingerprint density at radius 1 is 1.28 bits per heavy atom. The number of halogens is 1. The van der Waals surface area contributed by atoms with Gasteiger partial charge in [0.1, 0.15) is 0 Å². The van der Waals surface area contributed by atoms with Gasteiger partial charge in [-0.15, -0.1) is 24.0 Å². The van der Waals surface area contributed by atoms with Crippen LogP contribution in [0.5, 0.6) is 0 Å². The Bertz CT molecular complexity index is 272. The zero-order valence-electron chi connectivity index (χ0n) is 12.0. The minimum absolute atomic E-state index is 0. The van der Waals surface area contributed by atoms with E-state index in [1.54, 1.807) is 0 Å². The molecule has 106 valence electrons. The van der Waals surface area contributed by atoms with Crippen LogP contribution >= 0.6 is 24.0 Å². The third-order valence-corrected chi connectivity index (χ3v) is 4.36. The van der Waals surface area contributed by atoms with Crippen LogP contribution in [0.4, 0.5) is 0 Å². The van der Waals surface area contributed by atoms with E-state index in [1.165, 1.54) is 45.2 Å². The number of aliphatic imine (C=N–C) groups is 1. The average molecular weight is 365 g/mol. The van der Waals surface area contributed by atoms with Gasteiger partial charge in [-0.2, -0.15) is 0 Å². The van der Waals surface area contributed by atoms with Gasteiger partial charge in [0, 0.05) is 26.2 Å². The summed E-state index contributed by atoms with van der Waals surface area (Å²) in [6.07, 6.45) is 6.64. The Kier molecular flexibility index (Phi) is 6.74. The molecular weight excluding hydrogens is 337 g/mol. The van der Waals surface area contributed by atoms with Crippen molar-refractivity contribution in [2.24, 2.45) is 16.8 Å². The predicted molar refractivity (Wildman–Crippen MR) is 88.7 cm³/mol. The number of rotatable bonds is 4. The molecule has 0 spiro atoms. The molecule has 3 nitrogen and oxygen atoms in total. The highest BCUT2D eigenvalue weighted by Gasteiger charge is 2.31. The van der Waals surface area contributed by atoms with Crippen LogP contribution in [0.2, 0.25) is 0 Å². The lowest BCUT2D eigenvalue weighted by molar-refractivity contribution is 0.319. The first-order chi connectivity index (χ1) is 8.28. The van der Waals surface area contributed by atoms with Crippen molar-refractivity contribution in [3.8, 4) is 0 Å². The second kappa shape index (κ2) is 7.56. The number of likely N-dealkylation sites (tertiary alicyclic amines) is 1. The van der Waals surface area contributed by atoms with Gasteiger partial charge in [-0.1, -0.05) is 26.7 Å². The first kappa shape index (κ1) is 16.1. The van der Waals surface area contributed by atoms with E-state index in [0.717, 1.165) is 17.8 Å². The minimum atomic E-state index is 0. The normalized spacial score (nSPS) is 24.3. The average Bonchev–Trinajstić information content (AvgIpc) is 3.05. The lowest BCUT2D eigenvalue weighted by atomic mass is 9.87. The fourth-order valence-electron chi connectivity index (χ4n) is 3.03. The van der Waals surface area contributed by atoms with E-state index >= 15 is 0 Å². The number of nitrogens with zero attached hydrogens (tertiary/aromatic N) is 2. The van der Waals surface area contributed by atoms with Gasteiger partial charge in [0.15, 0.2) is 5.96 Å². The van der Waals surface area contributed by atoms with Gasteiger partial charge in [-0.25, -0.2) is 0 Å². The van der Waals surface area contributed by atoms with Crippen molar-refractivity contribution in [2.75, 3.05) is 20.1 Å². The summed E-state index contributed by atoms with van der Waals surface area (Å²) in [4.78, 5) is 6.89. The molecule has 0 aromatic carbocycles. The smallest absolute Gasteiger partial charge is 0.193 e. The summed E-state index contributed by atoms with van der Waals surface area (Å²) < 4.78 is 0. The van der Waals surface area contributed by atoms with Crippen LogP contribution < -0.4 is 5.32 Å². The standard InChI is InChI=1S/C14H27N3.HI/c1-4-11(5-2)12-8-9-17(10-12)14(15-3)16-13-6-7-13;/h11-13H,4-10H2,1-3H3,(H,15,16);1H. The Labute approximate surface area is 129 Å². The fraction of sp³-hybridized carbons (Fsp3) is 0.929. The number of hydrogen-bond acceptors (Lipinski definition) is 1. The predicted octanol–water partition coefficient (Wildman–Crippen LogP) is 3.10. The second-order valence-corrected chi connectivity index (χ2v) is 5.54. The highest BCUT2D eigenvalue weighted by molar-refractivity contribution is 14.0. The van der Waals surface area contributed by atoms with Crippen molar-refractivity contribution >= 4 is 29.9 Å². The summed E-state index contributed by atoms with van der Waals surface area (Å²) in [5, 5.41) is 3.55. The van der Waals surface area contributed by atoms with E-state index in [2.05, 4.69) is 29.1 Å². The van der Waals surface area contributed by atoms with E-state index in [-0.39, 0.29) is 24.0 Å². The van der Waals surface area contributed by atoms with Crippen molar-refractivity contribution in [3.05, 3.63) is 0 Å². The number of guanidine groups is 1. The molecule has 0 radical (unpaired) electrons. The zero-order chi connectivity index (χ0) is 12.3. The first-order valence-corrected chi connectivity index (χ1v) is 7.26. The van der Waals surface area contributed by atoms with Crippen LogP contribution in [-0.4, -0.2) is 37.0 Å². The van der Waals surface area contributed by atoms with Gasteiger partial charge in [0.2, 0.25) is 0 Å². The molecule has 1 N–H and O–H groups in total. The van der Waals surface area contributed by atoms with Crippen molar-refractivity contribution in [2.45, 2.75) is 52.0 Å². The Morgan fingerprint density at radius 3 is 2.44 bits per heavy atom. The van der Waals surface area contributed by atoms with Gasteiger partial charge in [-0.05, 0) is 31.1 Å². The van der Waals surface area contributed by atoms with Gasteiger partial charge in [0.05, 0.1) is 0 Å². The SMILES string of the molecule is CCC(CC)C1CCN(C(=NC)NC2CC2)C1.I. The molecule has 1 heterocycles. The molecule has 2 rings (SSSR count). The lowest BCUT2D eigenvalue weighted by Crippen LogP contribution is -2.41. The van der Waals surface area contributed by atoms with Crippen LogP contribution in [0.25, 0.3) is 0 Å². The van der Waals surface area contributed by atoms with Crippen LogP contribution in [0, 0.1) is 11.8 Å². The molecule has 1 aliphatic heterocycles. The van der Waals surface area contributed by atoms with Gasteiger partial charge >= 0.3 is 0 Å². The summed E-state index contributed by atoms with van der Waals surface area (Å²) in [6, 6.07) is 0.709. The Balaban J connectivity index is 0.00000162. The molecular formula is C14H28IN3. The molecule has 1 atom stereocenters. The lowest BCUT2D eigenvalue weighted by Gasteiger charge is -2.24. The van der Waals surface area contributed by atoms with E-state index in [1.807, 2.05) is 7.05 Å². The molecule has 2 fully saturated rings. The quantitative estimate of drug-likeness (QED) is 0.471. The summed E-state index contributed by atoms with van der Waals surface area (Å²) in [5.41, 5.74) is 0. The molecule has 18 heavy (non-hydrogen) atoms. The molecule has 0 amide bonds. The van der Waals surface area contributed by atoms with E-state index in [4.69, 9.17) is 0 Å². The minimum Gasteiger partial charge on any atom is -0.354 e. The maximum absolute atomic E-state index is 4.43. The molecule has 1 aliphatic carbocycles. The molecule has 1 saturated heterocycles. The maximum atomic E-state index is 4.43. The third kappa shape index (κ3) is 4.00. The van der Waals surface area contributed by atoms with Crippen molar-refractivity contribution < 1.29 is 0 Å². The molecule has 0 bridgehead atoms. The molecule has 1 unspecified atom stereocenters. The highest BCUT2D eigenvalue weighted by Crippen LogP contribution is 2.29. The molecule has 1 saturated carbocycles. The van der Waals surface area contributed by atoms with E-state index in [9.17, 15) is 0 Å². The van der Waals surface area contributed by atoms with Crippen LogP contribution in [-0.2, 0) is 0 Å². The molecule has 0 aromatic heterocycles. The van der Waals surface area contributed by atoms with Gasteiger partial charge < -0.3 is 10.2 Å². The number of hydrogen-bond donors (Lipinski definition) is 1. The maximum Gasteiger partial charge on any atom is 0.193 e. The van der Waals surface area contributed by atoms with E-state index < -0.39 is 0 Å². The van der Waals surface area contributed by atoms with Crippen molar-refractivity contribution in [1.29, 1.82) is 0 Å².